The Morgan fingerprint density at radius 3 is 2.50 bits per heavy atom. The predicted octanol–water partition coefficient (Wildman–Crippen LogP) is 3.62. The van der Waals surface area contributed by atoms with E-state index in [2.05, 4.69) is 50.1 Å². The molecule has 88 valence electrons. The number of hydrogen-bond acceptors (Lipinski definition) is 2. The Hall–Kier alpha value is -0.470. The third-order valence-corrected chi connectivity index (χ3v) is 3.80. The highest BCUT2D eigenvalue weighted by molar-refractivity contribution is 7.98. The molecule has 0 aliphatic carbocycles. The largest absolute Gasteiger partial charge is 0.286 e. The number of rotatable bonds is 2. The van der Waals surface area contributed by atoms with E-state index >= 15 is 0 Å². The van der Waals surface area contributed by atoms with Gasteiger partial charge in [-0.15, -0.1) is 11.8 Å². The fourth-order valence-corrected chi connectivity index (χ4v) is 2.75. The zero-order valence-electron chi connectivity index (χ0n) is 10.7. The maximum absolute atomic E-state index is 2.50. The first-order valence-corrected chi connectivity index (χ1v) is 7.23. The molecule has 0 spiro atoms. The molecule has 0 unspecified atom stereocenters. The molecule has 0 atom stereocenters. The molecular weight excluding hydrogens is 214 g/mol. The van der Waals surface area contributed by atoms with Gasteiger partial charge in [0, 0.05) is 19.0 Å². The van der Waals surface area contributed by atoms with Crippen molar-refractivity contribution in [3.8, 4) is 0 Å². The smallest absolute Gasteiger partial charge is 0.0448 e. The fourth-order valence-electron chi connectivity index (χ4n) is 2.21. The molecule has 0 aromatic heterocycles. The molecule has 16 heavy (non-hydrogen) atoms. The lowest BCUT2D eigenvalue weighted by atomic mass is 9.85. The Morgan fingerprint density at radius 1 is 1.19 bits per heavy atom. The van der Waals surface area contributed by atoms with Crippen molar-refractivity contribution in [1.82, 2.24) is 4.90 Å². The normalized spacial score (nSPS) is 16.5. The highest BCUT2D eigenvalue weighted by Gasteiger charge is 2.21. The van der Waals surface area contributed by atoms with Crippen LogP contribution in [0.1, 0.15) is 37.5 Å². The summed E-state index contributed by atoms with van der Waals surface area (Å²) in [6.45, 7) is 9.09. The number of thioether (sulfide) groups is 1. The standard InChI is InChI=1S/C14H21NS/c1-14(2,3)13-6-5-11-8-15(10-16-4)9-12(11)7-13/h5-7H,8-10H2,1-4H3. The van der Waals surface area contributed by atoms with Crippen LogP contribution in [0, 0.1) is 0 Å². The molecular formula is C14H21NS. The van der Waals surface area contributed by atoms with Crippen molar-refractivity contribution in [3.05, 3.63) is 34.9 Å². The summed E-state index contributed by atoms with van der Waals surface area (Å²) < 4.78 is 0. The molecule has 2 rings (SSSR count). The lowest BCUT2D eigenvalue weighted by molar-refractivity contribution is 0.338. The Morgan fingerprint density at radius 2 is 1.88 bits per heavy atom. The summed E-state index contributed by atoms with van der Waals surface area (Å²) in [5.41, 5.74) is 4.77. The van der Waals surface area contributed by atoms with Crippen molar-refractivity contribution in [2.24, 2.45) is 0 Å². The number of benzene rings is 1. The minimum Gasteiger partial charge on any atom is -0.286 e. The van der Waals surface area contributed by atoms with Crippen molar-refractivity contribution in [2.45, 2.75) is 39.3 Å². The van der Waals surface area contributed by atoms with Crippen LogP contribution in [0.25, 0.3) is 0 Å². The van der Waals surface area contributed by atoms with Gasteiger partial charge in [-0.25, -0.2) is 0 Å². The van der Waals surface area contributed by atoms with Crippen LogP contribution in [0.4, 0.5) is 0 Å². The third-order valence-electron chi connectivity index (χ3n) is 3.17. The number of hydrogen-bond donors (Lipinski definition) is 0. The zero-order valence-corrected chi connectivity index (χ0v) is 11.5. The zero-order chi connectivity index (χ0) is 11.8. The molecule has 1 heterocycles. The summed E-state index contributed by atoms with van der Waals surface area (Å²) in [6.07, 6.45) is 2.17. The molecule has 1 aromatic carbocycles. The Kier molecular flexibility index (Phi) is 3.32. The molecule has 1 aliphatic heterocycles. The van der Waals surface area contributed by atoms with Crippen molar-refractivity contribution in [3.63, 3.8) is 0 Å². The van der Waals surface area contributed by atoms with Gasteiger partial charge in [-0.05, 0) is 28.4 Å². The SMILES string of the molecule is CSCN1Cc2ccc(C(C)(C)C)cc2C1. The van der Waals surface area contributed by atoms with E-state index in [1.165, 1.54) is 16.7 Å². The van der Waals surface area contributed by atoms with Gasteiger partial charge < -0.3 is 0 Å². The first kappa shape index (κ1) is 12.0. The molecule has 0 N–H and O–H groups in total. The Balaban J connectivity index is 2.21. The van der Waals surface area contributed by atoms with Gasteiger partial charge in [0.25, 0.3) is 0 Å². The van der Waals surface area contributed by atoms with Gasteiger partial charge in [0.1, 0.15) is 0 Å². The number of fused-ring (bicyclic) bond motifs is 1. The van der Waals surface area contributed by atoms with Crippen LogP contribution < -0.4 is 0 Å². The van der Waals surface area contributed by atoms with Crippen LogP contribution in [-0.2, 0) is 18.5 Å². The molecule has 0 bridgehead atoms. The van der Waals surface area contributed by atoms with Crippen molar-refractivity contribution < 1.29 is 0 Å². The van der Waals surface area contributed by atoms with Crippen LogP contribution in [0.5, 0.6) is 0 Å². The van der Waals surface area contributed by atoms with Crippen LogP contribution in [0.2, 0.25) is 0 Å². The summed E-state index contributed by atoms with van der Waals surface area (Å²) >= 11 is 1.91. The minimum atomic E-state index is 0.266. The second-order valence-corrected chi connectivity index (χ2v) is 6.47. The summed E-state index contributed by atoms with van der Waals surface area (Å²) in [7, 11) is 0. The predicted molar refractivity (Wildman–Crippen MR) is 72.8 cm³/mol. The maximum atomic E-state index is 2.50. The van der Waals surface area contributed by atoms with Gasteiger partial charge in [-0.3, -0.25) is 4.90 Å². The molecule has 0 amide bonds. The van der Waals surface area contributed by atoms with Gasteiger partial charge in [-0.2, -0.15) is 0 Å². The Bertz CT molecular complexity index is 379. The molecule has 1 aromatic rings. The molecule has 2 heteroatoms. The molecule has 1 nitrogen and oxygen atoms in total. The highest BCUT2D eigenvalue weighted by Crippen LogP contribution is 2.29. The summed E-state index contributed by atoms with van der Waals surface area (Å²) in [6, 6.07) is 7.01. The van der Waals surface area contributed by atoms with Gasteiger partial charge in [0.2, 0.25) is 0 Å². The topological polar surface area (TPSA) is 3.24 Å². The lowest BCUT2D eigenvalue weighted by Crippen LogP contribution is -2.14. The average molecular weight is 235 g/mol. The second-order valence-electron chi connectivity index (χ2n) is 5.64. The molecule has 0 fully saturated rings. The van der Waals surface area contributed by atoms with Gasteiger partial charge in [0.05, 0.1) is 0 Å². The molecule has 0 saturated heterocycles. The van der Waals surface area contributed by atoms with E-state index < -0.39 is 0 Å². The van der Waals surface area contributed by atoms with E-state index in [9.17, 15) is 0 Å². The number of nitrogens with zero attached hydrogens (tertiary/aromatic N) is 1. The fraction of sp³-hybridized carbons (Fsp3) is 0.571. The van der Waals surface area contributed by atoms with Crippen LogP contribution in [0.15, 0.2) is 18.2 Å². The lowest BCUT2D eigenvalue weighted by Gasteiger charge is -2.19. The van der Waals surface area contributed by atoms with E-state index in [-0.39, 0.29) is 5.41 Å². The molecule has 0 radical (unpaired) electrons. The summed E-state index contributed by atoms with van der Waals surface area (Å²) in [5.74, 6) is 1.14. The monoisotopic (exact) mass is 235 g/mol. The molecule has 0 saturated carbocycles. The second kappa shape index (κ2) is 4.42. The molecule has 1 aliphatic rings. The van der Waals surface area contributed by atoms with Gasteiger partial charge in [0.15, 0.2) is 0 Å². The van der Waals surface area contributed by atoms with Crippen molar-refractivity contribution in [1.29, 1.82) is 0 Å². The maximum Gasteiger partial charge on any atom is 0.0448 e. The quantitative estimate of drug-likeness (QED) is 0.770. The summed E-state index contributed by atoms with van der Waals surface area (Å²) in [5, 5.41) is 0. The van der Waals surface area contributed by atoms with Crippen molar-refractivity contribution in [2.75, 3.05) is 12.1 Å². The first-order chi connectivity index (χ1) is 7.50. The minimum absolute atomic E-state index is 0.266. The van der Waals surface area contributed by atoms with Crippen molar-refractivity contribution >= 4 is 11.8 Å². The average Bonchev–Trinajstić information content (AvgIpc) is 2.57. The highest BCUT2D eigenvalue weighted by atomic mass is 32.2. The van der Waals surface area contributed by atoms with E-state index in [1.807, 2.05) is 11.8 Å². The van der Waals surface area contributed by atoms with E-state index in [4.69, 9.17) is 0 Å². The summed E-state index contributed by atoms with van der Waals surface area (Å²) in [4.78, 5) is 2.50. The first-order valence-electron chi connectivity index (χ1n) is 5.84. The van der Waals surface area contributed by atoms with Crippen LogP contribution >= 0.6 is 11.8 Å². The van der Waals surface area contributed by atoms with E-state index in [0.717, 1.165) is 19.0 Å². The van der Waals surface area contributed by atoms with Gasteiger partial charge >= 0.3 is 0 Å². The van der Waals surface area contributed by atoms with Crippen LogP contribution in [0.3, 0.4) is 0 Å². The Labute approximate surface area is 103 Å². The van der Waals surface area contributed by atoms with Crippen LogP contribution in [-0.4, -0.2) is 17.0 Å². The van der Waals surface area contributed by atoms with E-state index in [0.29, 0.717) is 0 Å². The van der Waals surface area contributed by atoms with Gasteiger partial charge in [-0.1, -0.05) is 39.0 Å². The van der Waals surface area contributed by atoms with E-state index in [1.54, 1.807) is 0 Å². The third kappa shape index (κ3) is 2.44.